The van der Waals surface area contributed by atoms with Crippen LogP contribution in [-0.4, -0.2) is 23.9 Å². The van der Waals surface area contributed by atoms with Gasteiger partial charge < -0.3 is 4.90 Å². The summed E-state index contributed by atoms with van der Waals surface area (Å²) in [6.07, 6.45) is -4.83. The van der Waals surface area contributed by atoms with Gasteiger partial charge in [-0.15, -0.1) is 0 Å². The van der Waals surface area contributed by atoms with Crippen molar-refractivity contribution in [3.8, 4) is 0 Å². The maximum atomic E-state index is 13.2. The molecule has 6 heteroatoms. The largest absolute Gasteiger partial charge is 0.419 e. The average molecular weight is 289 g/mol. The first kappa shape index (κ1) is 16.2. The highest BCUT2D eigenvalue weighted by atomic mass is 19.4. The van der Waals surface area contributed by atoms with Crippen LogP contribution in [0.25, 0.3) is 0 Å². The van der Waals surface area contributed by atoms with E-state index >= 15 is 0 Å². The zero-order valence-electron chi connectivity index (χ0n) is 11.2. The average Bonchev–Trinajstić information content (AvgIpc) is 2.34. The predicted molar refractivity (Wildman–Crippen MR) is 67.8 cm³/mol. The molecule has 0 N–H and O–H groups in total. The standard InChI is InChI=1S/C14H15F4NO/c1-4-19(8-9(2)3)13(20)10-5-6-12(15)11(7-10)14(16,17)18/h5-7H,2,4,8H2,1,3H3. The fraction of sp³-hybridized carbons (Fsp3) is 0.357. The highest BCUT2D eigenvalue weighted by Gasteiger charge is 2.35. The van der Waals surface area contributed by atoms with Crippen LogP contribution in [0, 0.1) is 5.82 Å². The minimum atomic E-state index is -4.83. The first-order valence-corrected chi connectivity index (χ1v) is 5.97. The molecule has 1 aromatic rings. The number of hydrogen-bond donors (Lipinski definition) is 0. The zero-order chi connectivity index (χ0) is 15.5. The molecule has 0 saturated carbocycles. The molecule has 0 aliphatic heterocycles. The Morgan fingerprint density at radius 2 is 1.95 bits per heavy atom. The van der Waals surface area contributed by atoms with E-state index in [1.165, 1.54) is 4.90 Å². The quantitative estimate of drug-likeness (QED) is 0.608. The molecule has 0 aromatic heterocycles. The topological polar surface area (TPSA) is 20.3 Å². The molecule has 0 aliphatic rings. The lowest BCUT2D eigenvalue weighted by atomic mass is 10.1. The van der Waals surface area contributed by atoms with Gasteiger partial charge >= 0.3 is 6.18 Å². The summed E-state index contributed by atoms with van der Waals surface area (Å²) in [7, 11) is 0. The highest BCUT2D eigenvalue weighted by molar-refractivity contribution is 5.94. The minimum Gasteiger partial charge on any atom is -0.335 e. The molecule has 0 unspecified atom stereocenters. The number of likely N-dealkylation sites (N-methyl/N-ethyl adjacent to an activating group) is 1. The van der Waals surface area contributed by atoms with Crippen molar-refractivity contribution in [1.82, 2.24) is 4.90 Å². The molecule has 0 bridgehead atoms. The summed E-state index contributed by atoms with van der Waals surface area (Å²) in [5.41, 5.74) is -0.921. The van der Waals surface area contributed by atoms with Crippen LogP contribution in [0.1, 0.15) is 29.8 Å². The van der Waals surface area contributed by atoms with Crippen LogP contribution < -0.4 is 0 Å². The van der Waals surface area contributed by atoms with Gasteiger partial charge in [0, 0.05) is 18.7 Å². The second-order valence-electron chi connectivity index (χ2n) is 4.47. The van der Waals surface area contributed by atoms with Gasteiger partial charge in [-0.2, -0.15) is 13.2 Å². The van der Waals surface area contributed by atoms with E-state index in [9.17, 15) is 22.4 Å². The van der Waals surface area contributed by atoms with Gasteiger partial charge in [0.05, 0.1) is 5.56 Å². The van der Waals surface area contributed by atoms with Crippen molar-refractivity contribution in [2.75, 3.05) is 13.1 Å². The van der Waals surface area contributed by atoms with Gasteiger partial charge in [0.25, 0.3) is 5.91 Å². The predicted octanol–water partition coefficient (Wildman–Crippen LogP) is 3.88. The first-order valence-electron chi connectivity index (χ1n) is 5.97. The molecular weight excluding hydrogens is 274 g/mol. The van der Waals surface area contributed by atoms with Crippen LogP contribution in [0.5, 0.6) is 0 Å². The summed E-state index contributed by atoms with van der Waals surface area (Å²) in [6, 6.07) is 2.25. The summed E-state index contributed by atoms with van der Waals surface area (Å²) >= 11 is 0. The molecule has 1 rings (SSSR count). The Hall–Kier alpha value is -1.85. The molecule has 0 saturated heterocycles. The van der Waals surface area contributed by atoms with Crippen LogP contribution in [0.4, 0.5) is 17.6 Å². The van der Waals surface area contributed by atoms with E-state index in [1.54, 1.807) is 13.8 Å². The molecule has 2 nitrogen and oxygen atoms in total. The van der Waals surface area contributed by atoms with Gasteiger partial charge in [0.1, 0.15) is 5.82 Å². The molecule has 0 atom stereocenters. The third-order valence-corrected chi connectivity index (χ3v) is 2.65. The third-order valence-electron chi connectivity index (χ3n) is 2.65. The summed E-state index contributed by atoms with van der Waals surface area (Å²) in [4.78, 5) is 13.4. The maximum absolute atomic E-state index is 13.2. The molecule has 110 valence electrons. The Morgan fingerprint density at radius 3 is 2.40 bits per heavy atom. The zero-order valence-corrected chi connectivity index (χ0v) is 11.2. The van der Waals surface area contributed by atoms with Crippen molar-refractivity contribution in [3.63, 3.8) is 0 Å². The lowest BCUT2D eigenvalue weighted by molar-refractivity contribution is -0.140. The fourth-order valence-corrected chi connectivity index (χ4v) is 1.71. The second kappa shape index (κ2) is 6.07. The minimum absolute atomic E-state index is 0.193. The number of alkyl halides is 3. The van der Waals surface area contributed by atoms with Gasteiger partial charge in [-0.05, 0) is 32.0 Å². The molecule has 1 amide bonds. The van der Waals surface area contributed by atoms with E-state index in [4.69, 9.17) is 0 Å². The number of halogens is 4. The van der Waals surface area contributed by atoms with Gasteiger partial charge in [-0.3, -0.25) is 4.79 Å². The van der Waals surface area contributed by atoms with Crippen molar-refractivity contribution in [1.29, 1.82) is 0 Å². The highest BCUT2D eigenvalue weighted by Crippen LogP contribution is 2.32. The smallest absolute Gasteiger partial charge is 0.335 e. The number of amides is 1. The van der Waals surface area contributed by atoms with E-state index < -0.39 is 23.5 Å². The van der Waals surface area contributed by atoms with Crippen LogP contribution in [-0.2, 0) is 6.18 Å². The van der Waals surface area contributed by atoms with Crippen molar-refractivity contribution >= 4 is 5.91 Å². The van der Waals surface area contributed by atoms with Crippen LogP contribution in [0.15, 0.2) is 30.4 Å². The molecule has 0 radical (unpaired) electrons. The number of carbonyl (C=O) groups is 1. The normalized spacial score (nSPS) is 11.3. The molecule has 0 fully saturated rings. The van der Waals surface area contributed by atoms with E-state index in [1.807, 2.05) is 0 Å². The van der Waals surface area contributed by atoms with E-state index in [0.29, 0.717) is 24.3 Å². The SMILES string of the molecule is C=C(C)CN(CC)C(=O)c1ccc(F)c(C(F)(F)F)c1. The summed E-state index contributed by atoms with van der Waals surface area (Å²) in [5, 5.41) is 0. The van der Waals surface area contributed by atoms with Crippen molar-refractivity contribution in [2.24, 2.45) is 0 Å². The van der Waals surface area contributed by atoms with E-state index in [-0.39, 0.29) is 12.1 Å². The van der Waals surface area contributed by atoms with E-state index in [0.717, 1.165) is 6.07 Å². The van der Waals surface area contributed by atoms with Crippen molar-refractivity contribution < 1.29 is 22.4 Å². The Labute approximate surface area is 114 Å². The van der Waals surface area contributed by atoms with Crippen molar-refractivity contribution in [3.05, 3.63) is 47.3 Å². The second-order valence-corrected chi connectivity index (χ2v) is 4.47. The fourth-order valence-electron chi connectivity index (χ4n) is 1.71. The number of hydrogen-bond acceptors (Lipinski definition) is 1. The van der Waals surface area contributed by atoms with Crippen LogP contribution >= 0.6 is 0 Å². The summed E-state index contributed by atoms with van der Waals surface area (Å²) in [6.45, 7) is 7.64. The third kappa shape index (κ3) is 3.82. The molecule has 0 aliphatic carbocycles. The van der Waals surface area contributed by atoms with Gasteiger partial charge in [-0.1, -0.05) is 12.2 Å². The monoisotopic (exact) mass is 289 g/mol. The lowest BCUT2D eigenvalue weighted by Crippen LogP contribution is -2.32. The molecule has 1 aromatic carbocycles. The summed E-state index contributed by atoms with van der Waals surface area (Å²) in [5.74, 6) is -1.97. The Bertz CT molecular complexity index is 522. The Morgan fingerprint density at radius 1 is 1.35 bits per heavy atom. The summed E-state index contributed by atoms with van der Waals surface area (Å²) < 4.78 is 51.0. The Balaban J connectivity index is 3.14. The molecule has 20 heavy (non-hydrogen) atoms. The molecular formula is C14H15F4NO. The Kier molecular flexibility index (Phi) is 4.92. The first-order chi connectivity index (χ1) is 9.16. The van der Waals surface area contributed by atoms with Gasteiger partial charge in [0.2, 0.25) is 0 Å². The lowest BCUT2D eigenvalue weighted by Gasteiger charge is -2.21. The number of benzene rings is 1. The number of nitrogens with zero attached hydrogens (tertiary/aromatic N) is 1. The van der Waals surface area contributed by atoms with Crippen molar-refractivity contribution in [2.45, 2.75) is 20.0 Å². The number of carbonyl (C=O) groups excluding carboxylic acids is 1. The van der Waals surface area contributed by atoms with Crippen LogP contribution in [0.2, 0.25) is 0 Å². The van der Waals surface area contributed by atoms with E-state index in [2.05, 4.69) is 6.58 Å². The van der Waals surface area contributed by atoms with Gasteiger partial charge in [0.15, 0.2) is 0 Å². The van der Waals surface area contributed by atoms with Gasteiger partial charge in [-0.25, -0.2) is 4.39 Å². The maximum Gasteiger partial charge on any atom is 0.419 e. The molecule has 0 spiro atoms. The van der Waals surface area contributed by atoms with Crippen LogP contribution in [0.3, 0.4) is 0 Å². The number of rotatable bonds is 4. The molecule has 0 heterocycles.